The second-order valence-corrected chi connectivity index (χ2v) is 20.0. The van der Waals surface area contributed by atoms with E-state index in [-0.39, 0.29) is 52.4 Å². The van der Waals surface area contributed by atoms with E-state index in [4.69, 9.17) is 9.16 Å². The monoisotopic (exact) mass is 582 g/mol. The molecule has 2 aromatic carbocycles. The number of carbonyl (C=O) groups is 1. The fourth-order valence-corrected chi connectivity index (χ4v) is 8.50. The predicted molar refractivity (Wildman–Crippen MR) is 153 cm³/mol. The molecule has 0 amide bonds. The lowest BCUT2D eigenvalue weighted by Crippen LogP contribution is -2.43. The normalized spacial score (nSPS) is 13.9. The van der Waals surface area contributed by atoms with Gasteiger partial charge in [-0.1, -0.05) is 57.2 Å². The Morgan fingerprint density at radius 3 is 1.66 bits per heavy atom. The third-order valence-electron chi connectivity index (χ3n) is 7.23. The third kappa shape index (κ3) is 9.32. The van der Waals surface area contributed by atoms with Crippen LogP contribution < -0.4 is 0 Å². The molecule has 2 rings (SSSR count). The highest BCUT2D eigenvalue weighted by molar-refractivity contribution is 7.92. The molecule has 0 aliphatic rings. The summed E-state index contributed by atoms with van der Waals surface area (Å²) in [5.41, 5.74) is 0. The molecule has 0 aliphatic heterocycles. The summed E-state index contributed by atoms with van der Waals surface area (Å²) in [5.74, 6) is -2.45. The van der Waals surface area contributed by atoms with Crippen molar-refractivity contribution >= 4 is 34.0 Å². The van der Waals surface area contributed by atoms with Gasteiger partial charge in [-0.3, -0.25) is 4.79 Å². The first-order chi connectivity index (χ1) is 17.6. The molecule has 1 unspecified atom stereocenters. The van der Waals surface area contributed by atoms with Crippen LogP contribution in [0.1, 0.15) is 40.5 Å². The second-order valence-electron chi connectivity index (χ2n) is 11.1. The maximum absolute atomic E-state index is 13.5. The molecule has 212 valence electrons. The lowest BCUT2D eigenvalue weighted by molar-refractivity contribution is -0.143. The van der Waals surface area contributed by atoms with Gasteiger partial charge in [0.25, 0.3) is 0 Å². The van der Waals surface area contributed by atoms with E-state index in [0.717, 1.165) is 0 Å². The van der Waals surface area contributed by atoms with Crippen LogP contribution in [0.4, 0.5) is 0 Å². The van der Waals surface area contributed by atoms with Crippen molar-refractivity contribution in [3.63, 3.8) is 0 Å². The summed E-state index contributed by atoms with van der Waals surface area (Å²) in [7, 11) is -9.87. The smallest absolute Gasteiger partial charge is 0.305 e. The van der Waals surface area contributed by atoms with Crippen molar-refractivity contribution in [2.75, 3.05) is 24.7 Å². The maximum Gasteiger partial charge on any atom is 0.305 e. The highest BCUT2D eigenvalue weighted by Gasteiger charge is 2.39. The Hall–Kier alpha value is -2.01. The molecule has 2 aromatic rings. The largest absolute Gasteiger partial charge is 0.466 e. The van der Waals surface area contributed by atoms with Crippen molar-refractivity contribution in [1.29, 1.82) is 0 Å². The van der Waals surface area contributed by atoms with Gasteiger partial charge in [-0.15, -0.1) is 0 Å². The number of ether oxygens (including phenoxy) is 1. The number of esters is 1. The van der Waals surface area contributed by atoms with Crippen LogP contribution in [0.5, 0.6) is 0 Å². The molecule has 0 bridgehead atoms. The fraction of sp³-hybridized carbons (Fsp3) is 0.536. The molecule has 0 N–H and O–H groups in total. The number of hydrogen-bond donors (Lipinski definition) is 0. The first-order valence-electron chi connectivity index (χ1n) is 12.9. The summed E-state index contributed by atoms with van der Waals surface area (Å²) in [6, 6.07) is 16.1. The van der Waals surface area contributed by atoms with E-state index >= 15 is 0 Å². The maximum atomic E-state index is 13.5. The molecule has 0 fully saturated rings. The molecule has 0 heterocycles. The summed E-state index contributed by atoms with van der Waals surface area (Å²) < 4.78 is 65.4. The van der Waals surface area contributed by atoms with Crippen LogP contribution in [0.3, 0.4) is 0 Å². The van der Waals surface area contributed by atoms with Crippen LogP contribution in [0.25, 0.3) is 0 Å². The van der Waals surface area contributed by atoms with Crippen molar-refractivity contribution in [3.8, 4) is 0 Å². The summed E-state index contributed by atoms with van der Waals surface area (Å²) in [5, 5.41) is -0.0968. The van der Waals surface area contributed by atoms with E-state index in [1.807, 2.05) is 0 Å². The van der Waals surface area contributed by atoms with Gasteiger partial charge in [0.1, 0.15) is 0 Å². The lowest BCUT2D eigenvalue weighted by atomic mass is 9.91. The van der Waals surface area contributed by atoms with Gasteiger partial charge in [-0.05, 0) is 67.6 Å². The average Bonchev–Trinajstić information content (AvgIpc) is 2.84. The topological polar surface area (TPSA) is 104 Å². The zero-order valence-electron chi connectivity index (χ0n) is 23.3. The lowest BCUT2D eigenvalue weighted by Gasteiger charge is -2.38. The van der Waals surface area contributed by atoms with Gasteiger partial charge in [0, 0.05) is 13.0 Å². The van der Waals surface area contributed by atoms with Crippen molar-refractivity contribution in [3.05, 3.63) is 60.7 Å². The Labute approximate surface area is 229 Å². The number of carbonyl (C=O) groups excluding carboxylic acids is 1. The predicted octanol–water partition coefficient (Wildman–Crippen LogP) is 5.53. The van der Waals surface area contributed by atoms with E-state index in [0.29, 0.717) is 0 Å². The summed E-state index contributed by atoms with van der Waals surface area (Å²) in [6.45, 7) is 12.6. The fourth-order valence-electron chi connectivity index (χ4n) is 3.86. The number of benzene rings is 2. The Bertz CT molecular complexity index is 1170. The first kappa shape index (κ1) is 32.2. The summed E-state index contributed by atoms with van der Waals surface area (Å²) in [6.07, 6.45) is 0.305. The standard InChI is InChI=1S/C28H42O7S2Si/c1-7-34-27(29)19-18-23(20-35-38(5,6)28(2,3)4)24(21-36(30,31)25-14-10-8-11-15-25)22-37(32,33)26-16-12-9-13-17-26/h8-17,23-24H,7,18-22H2,1-6H3. The van der Waals surface area contributed by atoms with Crippen molar-refractivity contribution in [1.82, 2.24) is 0 Å². The van der Waals surface area contributed by atoms with Crippen LogP contribution >= 0.6 is 0 Å². The number of hydrogen-bond acceptors (Lipinski definition) is 7. The molecule has 0 aliphatic carbocycles. The molecule has 0 spiro atoms. The van der Waals surface area contributed by atoms with Gasteiger partial charge in [0.2, 0.25) is 0 Å². The molecule has 0 saturated heterocycles. The van der Waals surface area contributed by atoms with E-state index in [1.165, 1.54) is 24.3 Å². The minimum absolute atomic E-state index is 0.0483. The summed E-state index contributed by atoms with van der Waals surface area (Å²) in [4.78, 5) is 12.5. The van der Waals surface area contributed by atoms with Crippen LogP contribution in [0, 0.1) is 11.8 Å². The average molecular weight is 583 g/mol. The molecule has 7 nitrogen and oxygen atoms in total. The van der Waals surface area contributed by atoms with E-state index in [9.17, 15) is 21.6 Å². The van der Waals surface area contributed by atoms with Gasteiger partial charge in [0.05, 0.1) is 27.9 Å². The Morgan fingerprint density at radius 2 is 1.26 bits per heavy atom. The second kappa shape index (κ2) is 13.4. The highest BCUT2D eigenvalue weighted by atomic mass is 32.2. The Balaban J connectivity index is 2.49. The zero-order valence-corrected chi connectivity index (χ0v) is 26.0. The van der Waals surface area contributed by atoms with Crippen molar-refractivity contribution in [2.24, 2.45) is 11.8 Å². The van der Waals surface area contributed by atoms with E-state index in [1.54, 1.807) is 43.3 Å². The van der Waals surface area contributed by atoms with Gasteiger partial charge in [0.15, 0.2) is 28.0 Å². The zero-order chi connectivity index (χ0) is 28.6. The van der Waals surface area contributed by atoms with Crippen molar-refractivity contribution in [2.45, 2.75) is 68.5 Å². The van der Waals surface area contributed by atoms with Crippen molar-refractivity contribution < 1.29 is 30.8 Å². The summed E-state index contributed by atoms with van der Waals surface area (Å²) >= 11 is 0. The molecule has 10 heteroatoms. The van der Waals surface area contributed by atoms with Crippen LogP contribution in [0.15, 0.2) is 70.5 Å². The van der Waals surface area contributed by atoms with Gasteiger partial charge in [-0.25, -0.2) is 16.8 Å². The van der Waals surface area contributed by atoms with Crippen LogP contribution in [-0.4, -0.2) is 55.8 Å². The first-order valence-corrected chi connectivity index (χ1v) is 19.2. The van der Waals surface area contributed by atoms with E-state index in [2.05, 4.69) is 33.9 Å². The number of rotatable bonds is 14. The SMILES string of the molecule is CCOC(=O)CCC(CO[Si](C)(C)C(C)(C)C)C(CS(=O)(=O)c1ccccc1)CS(=O)(=O)c1ccccc1. The van der Waals surface area contributed by atoms with Gasteiger partial charge >= 0.3 is 5.97 Å². The quantitative estimate of drug-likeness (QED) is 0.213. The molecule has 1 atom stereocenters. The minimum atomic E-state index is -3.81. The Kier molecular flexibility index (Phi) is 11.3. The van der Waals surface area contributed by atoms with E-state index < -0.39 is 45.8 Å². The molecular weight excluding hydrogens is 541 g/mol. The Morgan fingerprint density at radius 1 is 0.816 bits per heavy atom. The molecule has 38 heavy (non-hydrogen) atoms. The molecule has 0 saturated carbocycles. The van der Waals surface area contributed by atoms with Gasteiger partial charge < -0.3 is 9.16 Å². The highest BCUT2D eigenvalue weighted by Crippen LogP contribution is 2.38. The minimum Gasteiger partial charge on any atom is -0.466 e. The molecular formula is C28H42O7S2Si. The molecule has 0 radical (unpaired) electrons. The van der Waals surface area contributed by atoms with Gasteiger partial charge in [-0.2, -0.15) is 0 Å². The molecule has 0 aromatic heterocycles. The number of sulfone groups is 2. The third-order valence-corrected chi connectivity index (χ3v) is 15.4. The van der Waals surface area contributed by atoms with Crippen LogP contribution in [0.2, 0.25) is 18.1 Å². The van der Waals surface area contributed by atoms with Crippen LogP contribution in [-0.2, 0) is 33.6 Å².